The molecule has 1 aromatic carbocycles. The zero-order valence-electron chi connectivity index (χ0n) is 12.0. The first-order valence-corrected chi connectivity index (χ1v) is 6.90. The maximum atomic E-state index is 13.1. The lowest BCUT2D eigenvalue weighted by molar-refractivity contribution is 0.340. The first kappa shape index (κ1) is 14.2. The van der Waals surface area contributed by atoms with Gasteiger partial charge >= 0.3 is 0 Å². The molecular formula is C16H14FN3O2. The molecule has 0 aliphatic carbocycles. The van der Waals surface area contributed by atoms with Gasteiger partial charge in [-0.3, -0.25) is 4.98 Å². The van der Waals surface area contributed by atoms with Gasteiger partial charge in [0.1, 0.15) is 11.6 Å². The van der Waals surface area contributed by atoms with E-state index in [1.807, 2.05) is 31.2 Å². The van der Waals surface area contributed by atoms with Crippen LogP contribution in [0.3, 0.4) is 0 Å². The van der Waals surface area contributed by atoms with Crippen LogP contribution in [0.2, 0.25) is 0 Å². The molecule has 0 fully saturated rings. The van der Waals surface area contributed by atoms with Crippen LogP contribution in [0, 0.1) is 5.82 Å². The summed E-state index contributed by atoms with van der Waals surface area (Å²) < 4.78 is 23.7. The second kappa shape index (κ2) is 6.34. The van der Waals surface area contributed by atoms with Gasteiger partial charge in [0.25, 0.3) is 5.89 Å². The van der Waals surface area contributed by atoms with Gasteiger partial charge < -0.3 is 9.26 Å². The first-order valence-electron chi connectivity index (χ1n) is 6.90. The fourth-order valence-corrected chi connectivity index (χ4v) is 2.02. The topological polar surface area (TPSA) is 61.0 Å². The molecule has 2 aromatic heterocycles. The smallest absolute Gasteiger partial charge is 0.259 e. The Morgan fingerprint density at radius 1 is 1.18 bits per heavy atom. The highest BCUT2D eigenvalue weighted by atomic mass is 19.1. The highest BCUT2D eigenvalue weighted by molar-refractivity contribution is 5.50. The molecule has 0 radical (unpaired) electrons. The molecule has 0 atom stereocenters. The molecule has 112 valence electrons. The maximum absolute atomic E-state index is 13.1. The summed E-state index contributed by atoms with van der Waals surface area (Å²) in [7, 11) is 0. The van der Waals surface area contributed by atoms with E-state index in [2.05, 4.69) is 15.1 Å². The van der Waals surface area contributed by atoms with Gasteiger partial charge in [0.2, 0.25) is 0 Å². The molecule has 22 heavy (non-hydrogen) atoms. The van der Waals surface area contributed by atoms with E-state index in [-0.39, 0.29) is 5.89 Å². The van der Waals surface area contributed by atoms with E-state index in [1.165, 1.54) is 12.3 Å². The zero-order valence-corrected chi connectivity index (χ0v) is 12.0. The number of hydrogen-bond acceptors (Lipinski definition) is 5. The van der Waals surface area contributed by atoms with Crippen molar-refractivity contribution in [2.45, 2.75) is 13.3 Å². The molecule has 0 N–H and O–H groups in total. The Hall–Kier alpha value is -2.76. The molecule has 5 nitrogen and oxygen atoms in total. The van der Waals surface area contributed by atoms with Crippen molar-refractivity contribution in [3.8, 4) is 17.2 Å². The Labute approximate surface area is 126 Å². The summed E-state index contributed by atoms with van der Waals surface area (Å²) >= 11 is 0. The van der Waals surface area contributed by atoms with Crippen molar-refractivity contribution in [1.82, 2.24) is 15.1 Å². The fraction of sp³-hybridized carbons (Fsp3) is 0.188. The molecule has 0 saturated carbocycles. The Morgan fingerprint density at radius 3 is 2.73 bits per heavy atom. The second-order valence-corrected chi connectivity index (χ2v) is 4.66. The lowest BCUT2D eigenvalue weighted by Gasteiger charge is -2.03. The third-order valence-electron chi connectivity index (χ3n) is 3.02. The van der Waals surface area contributed by atoms with Crippen molar-refractivity contribution in [2.75, 3.05) is 6.61 Å². The van der Waals surface area contributed by atoms with E-state index in [0.717, 1.165) is 17.5 Å². The van der Waals surface area contributed by atoms with Gasteiger partial charge in [-0.15, -0.1) is 0 Å². The summed E-state index contributed by atoms with van der Waals surface area (Å²) in [5.41, 5.74) is 1.50. The second-order valence-electron chi connectivity index (χ2n) is 4.66. The van der Waals surface area contributed by atoms with Crippen molar-refractivity contribution in [3.05, 3.63) is 59.9 Å². The lowest BCUT2D eigenvalue weighted by atomic mass is 10.1. The maximum Gasteiger partial charge on any atom is 0.259 e. The molecule has 3 rings (SSSR count). The SMILES string of the molecule is CCOc1ccc(Cc2noc(-c3cncc(F)c3)n2)cc1. The van der Waals surface area contributed by atoms with Crippen LogP contribution in [0.4, 0.5) is 4.39 Å². The minimum atomic E-state index is -0.441. The van der Waals surface area contributed by atoms with Gasteiger partial charge in [-0.25, -0.2) is 4.39 Å². The number of hydrogen-bond donors (Lipinski definition) is 0. The van der Waals surface area contributed by atoms with E-state index < -0.39 is 5.82 Å². The van der Waals surface area contributed by atoms with Crippen molar-refractivity contribution in [2.24, 2.45) is 0 Å². The lowest BCUT2D eigenvalue weighted by Crippen LogP contribution is -1.93. The van der Waals surface area contributed by atoms with E-state index >= 15 is 0 Å². The van der Waals surface area contributed by atoms with Crippen molar-refractivity contribution >= 4 is 0 Å². The highest BCUT2D eigenvalue weighted by Crippen LogP contribution is 2.19. The molecule has 0 bridgehead atoms. The number of pyridine rings is 1. The van der Waals surface area contributed by atoms with Crippen molar-refractivity contribution in [3.63, 3.8) is 0 Å². The summed E-state index contributed by atoms with van der Waals surface area (Å²) in [5, 5.41) is 3.91. The largest absolute Gasteiger partial charge is 0.494 e. The van der Waals surface area contributed by atoms with E-state index in [4.69, 9.17) is 9.26 Å². The Balaban J connectivity index is 1.74. The average molecular weight is 299 g/mol. The van der Waals surface area contributed by atoms with Gasteiger partial charge in [0, 0.05) is 12.6 Å². The van der Waals surface area contributed by atoms with Crippen LogP contribution in [0.1, 0.15) is 18.3 Å². The summed E-state index contributed by atoms with van der Waals surface area (Å²) in [5.74, 6) is 1.17. The Kier molecular flexibility index (Phi) is 4.09. The molecule has 0 spiro atoms. The number of benzene rings is 1. The van der Waals surface area contributed by atoms with Gasteiger partial charge in [0.05, 0.1) is 18.4 Å². The predicted octanol–water partition coefficient (Wildman–Crippen LogP) is 3.26. The Morgan fingerprint density at radius 2 is 2.00 bits per heavy atom. The van der Waals surface area contributed by atoms with E-state index in [0.29, 0.717) is 24.4 Å². The van der Waals surface area contributed by atoms with Crippen LogP contribution in [-0.2, 0) is 6.42 Å². The molecule has 2 heterocycles. The van der Waals surface area contributed by atoms with E-state index in [1.54, 1.807) is 0 Å². The minimum absolute atomic E-state index is 0.257. The molecule has 0 unspecified atom stereocenters. The predicted molar refractivity (Wildman–Crippen MR) is 77.9 cm³/mol. The summed E-state index contributed by atoms with van der Waals surface area (Å²) in [6.07, 6.45) is 3.14. The monoisotopic (exact) mass is 299 g/mol. The van der Waals surface area contributed by atoms with Crippen LogP contribution in [0.5, 0.6) is 5.75 Å². The van der Waals surface area contributed by atoms with Gasteiger partial charge in [-0.05, 0) is 30.7 Å². The van der Waals surface area contributed by atoms with Crippen LogP contribution in [0.25, 0.3) is 11.5 Å². The third kappa shape index (κ3) is 3.28. The minimum Gasteiger partial charge on any atom is -0.494 e. The van der Waals surface area contributed by atoms with Crippen molar-refractivity contribution in [1.29, 1.82) is 0 Å². The number of halogens is 1. The van der Waals surface area contributed by atoms with Crippen LogP contribution in [0.15, 0.2) is 47.2 Å². The average Bonchev–Trinajstić information content (AvgIpc) is 2.98. The summed E-state index contributed by atoms with van der Waals surface area (Å²) in [6, 6.07) is 9.00. The zero-order chi connectivity index (χ0) is 15.4. The summed E-state index contributed by atoms with van der Waals surface area (Å²) in [4.78, 5) is 8.02. The number of nitrogens with zero attached hydrogens (tertiary/aromatic N) is 3. The number of rotatable bonds is 5. The standard InChI is InChI=1S/C16H14FN3O2/c1-2-21-14-5-3-11(4-6-14)7-15-19-16(22-20-15)12-8-13(17)10-18-9-12/h3-6,8-10H,2,7H2,1H3. The van der Waals surface area contributed by atoms with Crippen LogP contribution < -0.4 is 4.74 Å². The van der Waals surface area contributed by atoms with Crippen molar-refractivity contribution < 1.29 is 13.7 Å². The molecular weight excluding hydrogens is 285 g/mol. The molecule has 0 aliphatic heterocycles. The fourth-order valence-electron chi connectivity index (χ4n) is 2.02. The molecule has 6 heteroatoms. The van der Waals surface area contributed by atoms with Gasteiger partial charge in [-0.2, -0.15) is 4.98 Å². The molecule has 0 amide bonds. The van der Waals surface area contributed by atoms with Crippen LogP contribution in [-0.4, -0.2) is 21.7 Å². The first-order chi connectivity index (χ1) is 10.7. The molecule has 0 saturated heterocycles. The van der Waals surface area contributed by atoms with Gasteiger partial charge in [0.15, 0.2) is 5.82 Å². The molecule has 3 aromatic rings. The normalized spacial score (nSPS) is 10.6. The molecule has 0 aliphatic rings. The Bertz CT molecular complexity index is 756. The number of ether oxygens (including phenoxy) is 1. The third-order valence-corrected chi connectivity index (χ3v) is 3.02. The van der Waals surface area contributed by atoms with E-state index in [9.17, 15) is 4.39 Å². The highest BCUT2D eigenvalue weighted by Gasteiger charge is 2.10. The summed E-state index contributed by atoms with van der Waals surface area (Å²) in [6.45, 7) is 2.57. The quantitative estimate of drug-likeness (QED) is 0.723. The van der Waals surface area contributed by atoms with Gasteiger partial charge in [-0.1, -0.05) is 17.3 Å². The number of aromatic nitrogens is 3. The van der Waals surface area contributed by atoms with Crippen LogP contribution >= 0.6 is 0 Å².